The Labute approximate surface area is 102 Å². The van der Waals surface area contributed by atoms with Gasteiger partial charge in [-0.15, -0.1) is 0 Å². The van der Waals surface area contributed by atoms with Crippen LogP contribution in [0.25, 0.3) is 0 Å². The molecule has 1 atom stereocenters. The maximum absolute atomic E-state index is 13.4. The molecule has 0 radical (unpaired) electrons. The van der Waals surface area contributed by atoms with Crippen LogP contribution >= 0.6 is 0 Å². The summed E-state index contributed by atoms with van der Waals surface area (Å²) < 4.78 is 23.5. The Morgan fingerprint density at radius 2 is 1.94 bits per heavy atom. The van der Waals surface area contributed by atoms with Crippen molar-refractivity contribution in [3.05, 3.63) is 35.1 Å². The molecular formula is C13H20FNO2. The number of halogens is 1. The van der Waals surface area contributed by atoms with Gasteiger partial charge in [-0.25, -0.2) is 4.39 Å². The second kappa shape index (κ2) is 6.69. The largest absolute Gasteiger partial charge is 0.355 e. The third-order valence-electron chi connectivity index (χ3n) is 2.81. The van der Waals surface area contributed by atoms with E-state index in [-0.39, 0.29) is 18.1 Å². The minimum atomic E-state index is -0.284. The van der Waals surface area contributed by atoms with Gasteiger partial charge in [0.05, 0.1) is 0 Å². The van der Waals surface area contributed by atoms with Crippen LogP contribution in [0.15, 0.2) is 18.2 Å². The lowest BCUT2D eigenvalue weighted by Gasteiger charge is -2.19. The molecule has 1 aromatic rings. The normalized spacial score (nSPS) is 13.1. The minimum absolute atomic E-state index is 0.0536. The molecule has 0 amide bonds. The van der Waals surface area contributed by atoms with Crippen molar-refractivity contribution in [3.63, 3.8) is 0 Å². The van der Waals surface area contributed by atoms with Crippen molar-refractivity contribution in [2.45, 2.75) is 26.2 Å². The SMILES string of the molecule is COC(CNC(C)c1ccc(C)c(F)c1)OC. The predicted molar refractivity (Wildman–Crippen MR) is 65.4 cm³/mol. The number of hydrogen-bond acceptors (Lipinski definition) is 3. The zero-order valence-electron chi connectivity index (χ0n) is 10.8. The highest BCUT2D eigenvalue weighted by Gasteiger charge is 2.10. The Balaban J connectivity index is 2.57. The molecule has 1 unspecified atom stereocenters. The molecule has 0 fully saturated rings. The van der Waals surface area contributed by atoms with Crippen molar-refractivity contribution in [2.24, 2.45) is 0 Å². The average molecular weight is 241 g/mol. The average Bonchev–Trinajstić information content (AvgIpc) is 2.33. The highest BCUT2D eigenvalue weighted by Crippen LogP contribution is 2.16. The molecular weight excluding hydrogens is 221 g/mol. The van der Waals surface area contributed by atoms with Crippen molar-refractivity contribution in [1.82, 2.24) is 5.32 Å². The molecule has 0 heterocycles. The summed E-state index contributed by atoms with van der Waals surface area (Å²) in [6.07, 6.45) is -0.284. The molecule has 0 spiro atoms. The molecule has 1 aromatic carbocycles. The van der Waals surface area contributed by atoms with Crippen LogP contribution in [0.4, 0.5) is 4.39 Å². The van der Waals surface area contributed by atoms with Crippen LogP contribution in [0.2, 0.25) is 0 Å². The number of rotatable bonds is 6. The third kappa shape index (κ3) is 4.07. The maximum atomic E-state index is 13.4. The van der Waals surface area contributed by atoms with Crippen molar-refractivity contribution in [3.8, 4) is 0 Å². The van der Waals surface area contributed by atoms with Crippen LogP contribution in [-0.4, -0.2) is 27.1 Å². The van der Waals surface area contributed by atoms with Gasteiger partial charge in [-0.2, -0.15) is 0 Å². The smallest absolute Gasteiger partial charge is 0.169 e. The number of hydrogen-bond donors (Lipinski definition) is 1. The van der Waals surface area contributed by atoms with Crippen LogP contribution < -0.4 is 5.32 Å². The van der Waals surface area contributed by atoms with Gasteiger partial charge < -0.3 is 14.8 Å². The van der Waals surface area contributed by atoms with E-state index < -0.39 is 0 Å². The zero-order chi connectivity index (χ0) is 12.8. The molecule has 3 nitrogen and oxygen atoms in total. The highest BCUT2D eigenvalue weighted by atomic mass is 19.1. The molecule has 17 heavy (non-hydrogen) atoms. The summed E-state index contributed by atoms with van der Waals surface area (Å²) in [6, 6.07) is 5.32. The standard InChI is InChI=1S/C13H20FNO2/c1-9-5-6-11(7-12(9)14)10(2)15-8-13(16-3)17-4/h5-7,10,13,15H,8H2,1-4H3. The fourth-order valence-corrected chi connectivity index (χ4v) is 1.53. The highest BCUT2D eigenvalue weighted by molar-refractivity contribution is 5.25. The van der Waals surface area contributed by atoms with E-state index >= 15 is 0 Å². The van der Waals surface area contributed by atoms with Gasteiger partial charge in [-0.3, -0.25) is 0 Å². The zero-order valence-corrected chi connectivity index (χ0v) is 10.8. The van der Waals surface area contributed by atoms with Crippen LogP contribution in [0.5, 0.6) is 0 Å². The molecule has 1 N–H and O–H groups in total. The molecule has 0 saturated heterocycles. The van der Waals surface area contributed by atoms with Crippen LogP contribution in [0.1, 0.15) is 24.1 Å². The molecule has 0 saturated carbocycles. The summed E-state index contributed by atoms with van der Waals surface area (Å²) in [7, 11) is 3.18. The molecule has 96 valence electrons. The van der Waals surface area contributed by atoms with Crippen LogP contribution in [-0.2, 0) is 9.47 Å². The van der Waals surface area contributed by atoms with E-state index in [4.69, 9.17) is 9.47 Å². The molecule has 0 aromatic heterocycles. The minimum Gasteiger partial charge on any atom is -0.355 e. The van der Waals surface area contributed by atoms with Crippen molar-refractivity contribution < 1.29 is 13.9 Å². The van der Waals surface area contributed by atoms with E-state index in [1.807, 2.05) is 13.0 Å². The first kappa shape index (κ1) is 14.1. The first-order valence-electron chi connectivity index (χ1n) is 5.63. The quantitative estimate of drug-likeness (QED) is 0.776. The Hall–Kier alpha value is -0.970. The predicted octanol–water partition coefficient (Wildman–Crippen LogP) is 2.40. The monoisotopic (exact) mass is 241 g/mol. The lowest BCUT2D eigenvalue weighted by atomic mass is 10.1. The summed E-state index contributed by atoms with van der Waals surface area (Å²) in [5.74, 6) is -0.175. The van der Waals surface area contributed by atoms with Crippen molar-refractivity contribution in [1.29, 1.82) is 0 Å². The summed E-state index contributed by atoms with van der Waals surface area (Å²) in [5, 5.41) is 3.23. The number of benzene rings is 1. The Kier molecular flexibility index (Phi) is 5.55. The van der Waals surface area contributed by atoms with Crippen LogP contribution in [0.3, 0.4) is 0 Å². The van der Waals surface area contributed by atoms with Gasteiger partial charge in [-0.1, -0.05) is 12.1 Å². The lowest BCUT2D eigenvalue weighted by Crippen LogP contribution is -2.31. The number of nitrogens with one attached hydrogen (secondary N) is 1. The lowest BCUT2D eigenvalue weighted by molar-refractivity contribution is -0.0997. The van der Waals surface area contributed by atoms with Crippen molar-refractivity contribution in [2.75, 3.05) is 20.8 Å². The molecule has 0 aliphatic heterocycles. The Bertz CT molecular complexity index is 353. The van der Waals surface area contributed by atoms with Crippen molar-refractivity contribution >= 4 is 0 Å². The molecule has 4 heteroatoms. The summed E-state index contributed by atoms with van der Waals surface area (Å²) in [6.45, 7) is 4.29. The molecule has 0 aliphatic carbocycles. The third-order valence-corrected chi connectivity index (χ3v) is 2.81. The molecule has 0 aliphatic rings. The van der Waals surface area contributed by atoms with Gasteiger partial charge in [0.25, 0.3) is 0 Å². The topological polar surface area (TPSA) is 30.5 Å². The Morgan fingerprint density at radius 1 is 1.29 bits per heavy atom. The summed E-state index contributed by atoms with van der Waals surface area (Å²) in [4.78, 5) is 0. The fraction of sp³-hybridized carbons (Fsp3) is 0.538. The number of methoxy groups -OCH3 is 2. The molecule has 0 bridgehead atoms. The summed E-state index contributed by atoms with van der Waals surface area (Å²) >= 11 is 0. The van der Waals surface area contributed by atoms with E-state index in [1.165, 1.54) is 0 Å². The second-order valence-electron chi connectivity index (χ2n) is 4.04. The summed E-state index contributed by atoms with van der Waals surface area (Å²) in [5.41, 5.74) is 1.58. The van der Waals surface area contributed by atoms with Gasteiger partial charge >= 0.3 is 0 Å². The van der Waals surface area contributed by atoms with Gasteiger partial charge in [-0.05, 0) is 31.0 Å². The molecule has 1 rings (SSSR count). The first-order chi connectivity index (χ1) is 8.08. The van der Waals surface area contributed by atoms with E-state index in [1.54, 1.807) is 33.3 Å². The maximum Gasteiger partial charge on any atom is 0.169 e. The van der Waals surface area contributed by atoms with Gasteiger partial charge in [0.2, 0.25) is 0 Å². The Morgan fingerprint density at radius 3 is 2.47 bits per heavy atom. The number of aryl methyl sites for hydroxylation is 1. The fourth-order valence-electron chi connectivity index (χ4n) is 1.53. The van der Waals surface area contributed by atoms with Gasteiger partial charge in [0.15, 0.2) is 6.29 Å². The van der Waals surface area contributed by atoms with E-state index in [9.17, 15) is 4.39 Å². The van der Waals surface area contributed by atoms with E-state index in [0.717, 1.165) is 5.56 Å². The second-order valence-corrected chi connectivity index (χ2v) is 4.04. The van der Waals surface area contributed by atoms with Gasteiger partial charge in [0.1, 0.15) is 5.82 Å². The number of ether oxygens (including phenoxy) is 2. The van der Waals surface area contributed by atoms with E-state index in [2.05, 4.69) is 5.32 Å². The van der Waals surface area contributed by atoms with Gasteiger partial charge in [0, 0.05) is 26.8 Å². The first-order valence-corrected chi connectivity index (χ1v) is 5.63. The van der Waals surface area contributed by atoms with E-state index in [0.29, 0.717) is 12.1 Å². The van der Waals surface area contributed by atoms with Crippen LogP contribution in [0, 0.1) is 12.7 Å².